The summed E-state index contributed by atoms with van der Waals surface area (Å²) in [6, 6.07) is 6.30. The molecular formula is C20H30Cl2N6. The number of nitrogen functional groups attached to an aromatic ring is 2. The Morgan fingerprint density at radius 2 is 1.89 bits per heavy atom. The quantitative estimate of drug-likeness (QED) is 0.576. The Balaban J connectivity index is 0.00000140. The lowest BCUT2D eigenvalue weighted by Crippen LogP contribution is -2.27. The summed E-state index contributed by atoms with van der Waals surface area (Å²) in [5, 5.41) is 10.2. The minimum absolute atomic E-state index is 0. The first kappa shape index (κ1) is 22.5. The molecule has 5 N–H and O–H groups in total. The number of anilines is 2. The zero-order valence-electron chi connectivity index (χ0n) is 16.3. The lowest BCUT2D eigenvalue weighted by atomic mass is 9.90. The van der Waals surface area contributed by atoms with Gasteiger partial charge in [0.25, 0.3) is 0 Å². The highest BCUT2D eigenvalue weighted by molar-refractivity contribution is 6.14. The van der Waals surface area contributed by atoms with E-state index in [2.05, 4.69) is 34.5 Å². The van der Waals surface area contributed by atoms with Crippen LogP contribution in [-0.4, -0.2) is 27.9 Å². The second kappa shape index (κ2) is 9.63. The van der Waals surface area contributed by atoms with Crippen molar-refractivity contribution < 1.29 is 0 Å². The molecule has 1 aliphatic heterocycles. The highest BCUT2D eigenvalue weighted by Gasteiger charge is 2.19. The third-order valence-corrected chi connectivity index (χ3v) is 5.57. The third kappa shape index (κ3) is 4.14. The van der Waals surface area contributed by atoms with Crippen molar-refractivity contribution in [2.45, 2.75) is 45.6 Å². The van der Waals surface area contributed by atoms with E-state index >= 15 is 0 Å². The maximum absolute atomic E-state index is 6.48. The van der Waals surface area contributed by atoms with Crippen LogP contribution in [0, 0.1) is 5.92 Å². The molecule has 1 aliphatic rings. The van der Waals surface area contributed by atoms with Crippen LogP contribution < -0.4 is 16.8 Å². The summed E-state index contributed by atoms with van der Waals surface area (Å²) in [6.45, 7) is 5.19. The Morgan fingerprint density at radius 3 is 2.61 bits per heavy atom. The number of piperidine rings is 1. The predicted octanol–water partition coefficient (Wildman–Crippen LogP) is 3.93. The fourth-order valence-electron chi connectivity index (χ4n) is 4.17. The molecule has 2 aromatic heterocycles. The van der Waals surface area contributed by atoms with Gasteiger partial charge in [0.15, 0.2) is 5.82 Å². The second-order valence-corrected chi connectivity index (χ2v) is 7.37. The Bertz CT molecular complexity index is 933. The first-order chi connectivity index (χ1) is 12.7. The zero-order valence-corrected chi connectivity index (χ0v) is 17.9. The average Bonchev–Trinajstić information content (AvgIpc) is 2.98. The van der Waals surface area contributed by atoms with Gasteiger partial charge in [-0.15, -0.1) is 24.8 Å². The number of nitrogens with one attached hydrogen (secondary N) is 1. The number of nitrogens with zero attached hydrogens (tertiary/aromatic N) is 3. The van der Waals surface area contributed by atoms with Gasteiger partial charge in [-0.2, -0.15) is 5.10 Å². The van der Waals surface area contributed by atoms with Crippen LogP contribution in [0.1, 0.15) is 38.2 Å². The van der Waals surface area contributed by atoms with Gasteiger partial charge in [0.05, 0.1) is 10.9 Å². The fourth-order valence-corrected chi connectivity index (χ4v) is 4.17. The molecule has 1 fully saturated rings. The van der Waals surface area contributed by atoms with E-state index in [1.165, 1.54) is 24.8 Å². The maximum Gasteiger partial charge on any atom is 0.152 e. The molecule has 0 amide bonds. The van der Waals surface area contributed by atoms with Crippen molar-refractivity contribution in [2.75, 3.05) is 24.6 Å². The van der Waals surface area contributed by atoms with Crippen molar-refractivity contribution in [2.24, 2.45) is 5.92 Å². The fraction of sp³-hybridized carbons (Fsp3) is 0.500. The second-order valence-electron chi connectivity index (χ2n) is 7.37. The normalized spacial score (nSPS) is 14.8. The summed E-state index contributed by atoms with van der Waals surface area (Å²) in [6.07, 6.45) is 5.76. The number of pyridine rings is 1. The largest absolute Gasteiger partial charge is 0.383 e. The molecule has 154 valence electrons. The number of rotatable bonds is 5. The summed E-state index contributed by atoms with van der Waals surface area (Å²) >= 11 is 0. The Morgan fingerprint density at radius 1 is 1.14 bits per heavy atom. The van der Waals surface area contributed by atoms with Crippen molar-refractivity contribution >= 4 is 58.3 Å². The standard InChI is InChI=1S/C20H28N6.2ClH/c1-2-12-26-20(22)17-16-14(7-6-13-8-10-23-11-9-13)4-3-5-15(16)24-19(21)18(17)25-26;;/h3-5,13,23H,2,6-12,22H2,1H3,(H2,21,24);2*1H. The first-order valence-corrected chi connectivity index (χ1v) is 9.72. The highest BCUT2D eigenvalue weighted by Crippen LogP contribution is 2.35. The number of nitrogens with two attached hydrogens (primary N) is 2. The third-order valence-electron chi connectivity index (χ3n) is 5.57. The molecule has 8 heteroatoms. The van der Waals surface area contributed by atoms with Crippen LogP contribution in [0.5, 0.6) is 0 Å². The van der Waals surface area contributed by atoms with Crippen molar-refractivity contribution in [1.29, 1.82) is 0 Å². The molecule has 0 atom stereocenters. The zero-order chi connectivity index (χ0) is 18.1. The van der Waals surface area contributed by atoms with Crippen molar-refractivity contribution in [1.82, 2.24) is 20.1 Å². The van der Waals surface area contributed by atoms with Crippen LogP contribution in [0.25, 0.3) is 21.8 Å². The van der Waals surface area contributed by atoms with Gasteiger partial charge in [0, 0.05) is 11.9 Å². The smallest absolute Gasteiger partial charge is 0.152 e. The summed E-state index contributed by atoms with van der Waals surface area (Å²) in [7, 11) is 0. The predicted molar refractivity (Wildman–Crippen MR) is 123 cm³/mol. The summed E-state index contributed by atoms with van der Waals surface area (Å²) in [5.41, 5.74) is 15.6. The molecule has 3 aromatic rings. The average molecular weight is 425 g/mol. The number of hydrogen-bond donors (Lipinski definition) is 3. The molecule has 1 aromatic carbocycles. The highest BCUT2D eigenvalue weighted by atomic mass is 35.5. The van der Waals surface area contributed by atoms with Gasteiger partial charge in [0.1, 0.15) is 11.3 Å². The summed E-state index contributed by atoms with van der Waals surface area (Å²) < 4.78 is 1.87. The van der Waals surface area contributed by atoms with Crippen LogP contribution in [-0.2, 0) is 13.0 Å². The molecule has 0 saturated carbocycles. The van der Waals surface area contributed by atoms with Gasteiger partial charge in [-0.3, -0.25) is 0 Å². The van der Waals surface area contributed by atoms with E-state index in [0.29, 0.717) is 11.6 Å². The van der Waals surface area contributed by atoms with E-state index in [1.807, 2.05) is 10.7 Å². The molecule has 4 rings (SSSR count). The van der Waals surface area contributed by atoms with Crippen LogP contribution in [0.15, 0.2) is 18.2 Å². The van der Waals surface area contributed by atoms with Crippen molar-refractivity contribution in [3.8, 4) is 0 Å². The molecule has 0 bridgehead atoms. The number of fused-ring (bicyclic) bond motifs is 3. The molecule has 28 heavy (non-hydrogen) atoms. The van der Waals surface area contributed by atoms with Crippen molar-refractivity contribution in [3.63, 3.8) is 0 Å². The van der Waals surface area contributed by atoms with Gasteiger partial charge >= 0.3 is 0 Å². The van der Waals surface area contributed by atoms with E-state index in [4.69, 9.17) is 11.5 Å². The monoisotopic (exact) mass is 424 g/mol. The minimum Gasteiger partial charge on any atom is -0.383 e. The molecular weight excluding hydrogens is 395 g/mol. The molecule has 1 saturated heterocycles. The first-order valence-electron chi connectivity index (χ1n) is 9.72. The molecule has 0 radical (unpaired) electrons. The number of benzene rings is 1. The van der Waals surface area contributed by atoms with Gasteiger partial charge in [0.2, 0.25) is 0 Å². The molecule has 0 aliphatic carbocycles. The van der Waals surface area contributed by atoms with Gasteiger partial charge in [-0.1, -0.05) is 19.1 Å². The van der Waals surface area contributed by atoms with E-state index < -0.39 is 0 Å². The van der Waals surface area contributed by atoms with Crippen LogP contribution in [0.2, 0.25) is 0 Å². The van der Waals surface area contributed by atoms with Gasteiger partial charge < -0.3 is 16.8 Å². The number of hydrogen-bond acceptors (Lipinski definition) is 5. The van der Waals surface area contributed by atoms with Crippen LogP contribution >= 0.6 is 24.8 Å². The number of aryl methyl sites for hydroxylation is 2. The Labute approximate surface area is 178 Å². The van der Waals surface area contributed by atoms with E-state index in [0.717, 1.165) is 60.2 Å². The molecule has 0 unspecified atom stereocenters. The van der Waals surface area contributed by atoms with E-state index in [9.17, 15) is 0 Å². The molecule has 0 spiro atoms. The maximum atomic E-state index is 6.48. The lowest BCUT2D eigenvalue weighted by Gasteiger charge is -2.22. The summed E-state index contributed by atoms with van der Waals surface area (Å²) in [4.78, 5) is 4.61. The molecule has 3 heterocycles. The van der Waals surface area contributed by atoms with E-state index in [-0.39, 0.29) is 24.8 Å². The Hall–Kier alpha value is -1.76. The van der Waals surface area contributed by atoms with Gasteiger partial charge in [-0.25, -0.2) is 9.67 Å². The lowest BCUT2D eigenvalue weighted by molar-refractivity contribution is 0.354. The van der Waals surface area contributed by atoms with Crippen LogP contribution in [0.3, 0.4) is 0 Å². The number of aromatic nitrogens is 3. The van der Waals surface area contributed by atoms with Gasteiger partial charge in [-0.05, 0) is 62.7 Å². The van der Waals surface area contributed by atoms with Crippen LogP contribution in [0.4, 0.5) is 11.6 Å². The minimum atomic E-state index is 0. The number of halogens is 2. The van der Waals surface area contributed by atoms with Crippen molar-refractivity contribution in [3.05, 3.63) is 23.8 Å². The Kier molecular flexibility index (Phi) is 7.75. The summed E-state index contributed by atoms with van der Waals surface area (Å²) in [5.74, 6) is 1.96. The SMILES string of the molecule is CCCn1nc2c(N)nc3cccc(CCC4CCNCC4)c3c2c1N.Cl.Cl. The topological polar surface area (TPSA) is 94.8 Å². The van der Waals surface area contributed by atoms with E-state index in [1.54, 1.807) is 0 Å². The molecule has 6 nitrogen and oxygen atoms in total.